The lowest BCUT2D eigenvalue weighted by Crippen LogP contribution is -2.24. The molecule has 1 aromatic carbocycles. The van der Waals surface area contributed by atoms with E-state index in [4.69, 9.17) is 0 Å². The largest absolute Gasteiger partial charge is 0.348 e. The lowest BCUT2D eigenvalue weighted by atomic mass is 10.2. The third kappa shape index (κ3) is 3.94. The molecule has 0 saturated heterocycles. The molecule has 8 nitrogen and oxygen atoms in total. The number of amides is 1. The minimum Gasteiger partial charge on any atom is -0.348 e. The fourth-order valence-electron chi connectivity index (χ4n) is 2.66. The summed E-state index contributed by atoms with van der Waals surface area (Å²) in [6.45, 7) is 0.372. The van der Waals surface area contributed by atoms with Crippen molar-refractivity contribution in [3.63, 3.8) is 0 Å². The predicted molar refractivity (Wildman–Crippen MR) is 109 cm³/mol. The number of fused-ring (bicyclic) bond motifs is 1. The summed E-state index contributed by atoms with van der Waals surface area (Å²) >= 11 is 1.41. The van der Waals surface area contributed by atoms with Crippen molar-refractivity contribution in [1.29, 1.82) is 0 Å². The second-order valence-electron chi connectivity index (χ2n) is 5.96. The molecule has 4 aromatic rings. The molecule has 0 aliphatic heterocycles. The number of carbonyl (C=O) groups excluding carboxylic acids is 1. The van der Waals surface area contributed by atoms with Gasteiger partial charge in [-0.2, -0.15) is 5.10 Å². The Hall–Kier alpha value is -3.46. The van der Waals surface area contributed by atoms with E-state index in [9.17, 15) is 4.79 Å². The summed E-state index contributed by atoms with van der Waals surface area (Å²) in [6.07, 6.45) is 8.58. The molecule has 0 spiro atoms. The number of thioether (sulfide) groups is 1. The third-order valence-electron chi connectivity index (χ3n) is 4.07. The van der Waals surface area contributed by atoms with Crippen molar-refractivity contribution in [3.05, 3.63) is 66.2 Å². The van der Waals surface area contributed by atoms with Crippen LogP contribution in [-0.2, 0) is 6.54 Å². The minimum absolute atomic E-state index is 0.261. The summed E-state index contributed by atoms with van der Waals surface area (Å²) in [5.74, 6) is 0.189. The number of rotatable bonds is 6. The molecule has 3 N–H and O–H groups in total. The van der Waals surface area contributed by atoms with Gasteiger partial charge in [0.05, 0.1) is 11.7 Å². The summed E-state index contributed by atoms with van der Waals surface area (Å²) in [5, 5.41) is 14.6. The van der Waals surface area contributed by atoms with E-state index in [0.29, 0.717) is 23.1 Å². The molecule has 0 aliphatic carbocycles. The monoisotopic (exact) mass is 391 g/mol. The molecule has 3 heterocycles. The molecule has 28 heavy (non-hydrogen) atoms. The van der Waals surface area contributed by atoms with Crippen LogP contribution in [-0.4, -0.2) is 37.3 Å². The highest BCUT2D eigenvalue weighted by atomic mass is 32.2. The first-order valence-electron chi connectivity index (χ1n) is 8.51. The molecule has 0 bridgehead atoms. The smallest absolute Gasteiger partial charge is 0.256 e. The van der Waals surface area contributed by atoms with Crippen molar-refractivity contribution >= 4 is 40.1 Å². The van der Waals surface area contributed by atoms with Crippen LogP contribution in [0.15, 0.2) is 60.3 Å². The maximum atomic E-state index is 12.7. The first kappa shape index (κ1) is 17.9. The number of benzene rings is 1. The highest BCUT2D eigenvalue weighted by molar-refractivity contribution is 7.98. The predicted octanol–water partition coefficient (Wildman–Crippen LogP) is 3.14. The maximum Gasteiger partial charge on any atom is 0.256 e. The van der Waals surface area contributed by atoms with E-state index < -0.39 is 0 Å². The van der Waals surface area contributed by atoms with Crippen LogP contribution >= 0.6 is 11.8 Å². The van der Waals surface area contributed by atoms with Crippen LogP contribution in [0.3, 0.4) is 0 Å². The minimum atomic E-state index is -0.261. The molecule has 4 rings (SSSR count). The van der Waals surface area contributed by atoms with Crippen LogP contribution in [0.5, 0.6) is 0 Å². The third-order valence-corrected chi connectivity index (χ3v) is 4.63. The van der Waals surface area contributed by atoms with E-state index in [0.717, 1.165) is 22.2 Å². The molecular weight excluding hydrogens is 374 g/mol. The normalized spacial score (nSPS) is 10.8. The van der Waals surface area contributed by atoms with E-state index >= 15 is 0 Å². The second kappa shape index (κ2) is 8.05. The van der Waals surface area contributed by atoms with Crippen LogP contribution in [0.4, 0.5) is 11.5 Å². The van der Waals surface area contributed by atoms with Gasteiger partial charge in [0.1, 0.15) is 11.4 Å². The Balaban J connectivity index is 1.58. The molecular formula is C19H17N7OS. The van der Waals surface area contributed by atoms with Gasteiger partial charge in [0.15, 0.2) is 5.16 Å². The Morgan fingerprint density at radius 2 is 2.14 bits per heavy atom. The van der Waals surface area contributed by atoms with Gasteiger partial charge in [-0.1, -0.05) is 17.8 Å². The number of nitrogens with zero attached hydrogens (tertiary/aromatic N) is 4. The molecule has 0 saturated carbocycles. The van der Waals surface area contributed by atoms with Crippen molar-refractivity contribution in [2.24, 2.45) is 0 Å². The molecule has 9 heteroatoms. The Bertz CT molecular complexity index is 1110. The number of aromatic amines is 1. The molecule has 0 unspecified atom stereocenters. The van der Waals surface area contributed by atoms with E-state index in [1.807, 2.05) is 36.6 Å². The number of pyridine rings is 1. The molecule has 140 valence electrons. The highest BCUT2D eigenvalue weighted by Crippen LogP contribution is 2.23. The number of anilines is 2. The van der Waals surface area contributed by atoms with Gasteiger partial charge in [-0.15, -0.1) is 0 Å². The maximum absolute atomic E-state index is 12.7. The zero-order valence-corrected chi connectivity index (χ0v) is 15.8. The van der Waals surface area contributed by atoms with Crippen LogP contribution < -0.4 is 10.6 Å². The molecule has 0 atom stereocenters. The van der Waals surface area contributed by atoms with E-state index in [2.05, 4.69) is 35.8 Å². The number of carbonyl (C=O) groups is 1. The van der Waals surface area contributed by atoms with Gasteiger partial charge in [-0.3, -0.25) is 14.9 Å². The van der Waals surface area contributed by atoms with E-state index in [-0.39, 0.29) is 5.91 Å². The van der Waals surface area contributed by atoms with Gasteiger partial charge in [0.2, 0.25) is 0 Å². The van der Waals surface area contributed by atoms with Gasteiger partial charge in [-0.05, 0) is 36.1 Å². The van der Waals surface area contributed by atoms with Crippen molar-refractivity contribution in [2.45, 2.75) is 11.7 Å². The first-order valence-corrected chi connectivity index (χ1v) is 9.73. The van der Waals surface area contributed by atoms with Crippen molar-refractivity contribution in [3.8, 4) is 0 Å². The number of hydrogen-bond acceptors (Lipinski definition) is 7. The number of H-pyrrole nitrogens is 1. The molecule has 0 radical (unpaired) electrons. The highest BCUT2D eigenvalue weighted by Gasteiger charge is 2.15. The van der Waals surface area contributed by atoms with Gasteiger partial charge >= 0.3 is 0 Å². The Labute approximate surface area is 165 Å². The Morgan fingerprint density at radius 3 is 2.96 bits per heavy atom. The SMILES string of the molecule is CSc1ncc(C(=O)NCc2cccnc2)c(Nc2ccc3[nH]ncc3c2)n1. The van der Waals surface area contributed by atoms with Crippen molar-refractivity contribution in [1.82, 2.24) is 30.5 Å². The zero-order valence-electron chi connectivity index (χ0n) is 15.0. The first-order chi connectivity index (χ1) is 13.7. The summed E-state index contributed by atoms with van der Waals surface area (Å²) in [7, 11) is 0. The number of aromatic nitrogens is 5. The second-order valence-corrected chi connectivity index (χ2v) is 6.73. The van der Waals surface area contributed by atoms with Crippen molar-refractivity contribution < 1.29 is 4.79 Å². The summed E-state index contributed by atoms with van der Waals surface area (Å²) in [5.41, 5.74) is 3.03. The molecule has 3 aromatic heterocycles. The number of hydrogen-bond donors (Lipinski definition) is 3. The Kier molecular flexibility index (Phi) is 5.16. The standard InChI is InChI=1S/C19H17N7OS/c1-28-19-22-11-15(18(27)21-9-12-3-2-6-20-8-12)17(25-19)24-14-4-5-16-13(7-14)10-23-26-16/h2-8,10-11H,9H2,1H3,(H,21,27)(H,23,26)(H,22,24,25). The zero-order chi connectivity index (χ0) is 19.3. The Morgan fingerprint density at radius 1 is 1.21 bits per heavy atom. The van der Waals surface area contributed by atoms with Crippen LogP contribution in [0.25, 0.3) is 10.9 Å². The average Bonchev–Trinajstić information content (AvgIpc) is 3.20. The van der Waals surface area contributed by atoms with Crippen LogP contribution in [0.1, 0.15) is 15.9 Å². The fourth-order valence-corrected chi connectivity index (χ4v) is 3.00. The topological polar surface area (TPSA) is 108 Å². The fraction of sp³-hybridized carbons (Fsp3) is 0.105. The average molecular weight is 391 g/mol. The lowest BCUT2D eigenvalue weighted by Gasteiger charge is -2.12. The van der Waals surface area contributed by atoms with Crippen LogP contribution in [0, 0.1) is 0 Å². The molecule has 0 fully saturated rings. The quantitative estimate of drug-likeness (QED) is 0.342. The van der Waals surface area contributed by atoms with Gasteiger partial charge in [0.25, 0.3) is 5.91 Å². The number of nitrogens with one attached hydrogen (secondary N) is 3. The van der Waals surface area contributed by atoms with Gasteiger partial charge in [0, 0.05) is 36.2 Å². The lowest BCUT2D eigenvalue weighted by molar-refractivity contribution is 0.0951. The van der Waals surface area contributed by atoms with Gasteiger partial charge < -0.3 is 10.6 Å². The summed E-state index contributed by atoms with van der Waals surface area (Å²) < 4.78 is 0. The van der Waals surface area contributed by atoms with E-state index in [1.165, 1.54) is 18.0 Å². The van der Waals surface area contributed by atoms with E-state index in [1.54, 1.807) is 18.6 Å². The van der Waals surface area contributed by atoms with Crippen LogP contribution in [0.2, 0.25) is 0 Å². The van der Waals surface area contributed by atoms with Crippen molar-refractivity contribution in [2.75, 3.05) is 11.6 Å². The van der Waals surface area contributed by atoms with Gasteiger partial charge in [-0.25, -0.2) is 9.97 Å². The summed E-state index contributed by atoms with van der Waals surface area (Å²) in [4.78, 5) is 25.5. The molecule has 1 amide bonds. The molecule has 0 aliphatic rings. The summed E-state index contributed by atoms with van der Waals surface area (Å²) in [6, 6.07) is 9.50.